The summed E-state index contributed by atoms with van der Waals surface area (Å²) in [6.07, 6.45) is 7.83. The van der Waals surface area contributed by atoms with Crippen LogP contribution in [0.5, 0.6) is 0 Å². The predicted octanol–water partition coefficient (Wildman–Crippen LogP) is 8.59. The smallest absolute Gasteiger partial charge is 0.411 e. The van der Waals surface area contributed by atoms with Gasteiger partial charge in [0, 0.05) is 24.9 Å². The van der Waals surface area contributed by atoms with E-state index in [1.807, 2.05) is 42.7 Å². The molecule has 11 heteroatoms. The normalized spacial score (nSPS) is 17.5. The summed E-state index contributed by atoms with van der Waals surface area (Å²) in [4.78, 5) is 43.7. The molecule has 2 unspecified atom stereocenters. The Balaban J connectivity index is 0.972. The molecule has 52 heavy (non-hydrogen) atoms. The minimum Gasteiger partial charge on any atom is -0.465 e. The number of likely N-dealkylation sites (tertiary alicyclic amines) is 2. The lowest BCUT2D eigenvalue weighted by atomic mass is 9.98. The summed E-state index contributed by atoms with van der Waals surface area (Å²) in [6.45, 7) is 1.38. The fraction of sp³-hybridized carbons (Fsp3) is 0.220. The Bertz CT molecular complexity index is 2260. The number of nitrogens with one attached hydrogen (secondary N) is 3. The first-order valence-corrected chi connectivity index (χ1v) is 17.6. The third-order valence-corrected chi connectivity index (χ3v) is 10.1. The summed E-state index contributed by atoms with van der Waals surface area (Å²) in [6, 6.07) is 30.9. The monoisotopic (exact) mass is 693 g/mol. The third-order valence-electron chi connectivity index (χ3n) is 10.1. The molecule has 8 rings (SSSR count). The highest BCUT2D eigenvalue weighted by Crippen LogP contribution is 2.35. The van der Waals surface area contributed by atoms with E-state index >= 15 is 0 Å². The standard InChI is InChI=1S/C41H39N7O4/c1-52-40(49)46-35(27-7-3-2-4-8-27)25-47-19-5-9-36(47)38-42-23-33(44-38)28-13-11-26(12-14-28)29-15-16-31-22-32(18-17-30(31)21-29)34-24-43-39(45-34)37-10-6-20-48(37)41(50)51/h2-4,7-8,11-18,21-25,36-37H,5-6,9-10,19-20H2,1H3,(H,42,44)(H,43,45)(H,46,49)(H,50,51). The first-order chi connectivity index (χ1) is 25.4. The van der Waals surface area contributed by atoms with E-state index < -0.39 is 12.2 Å². The number of fused-ring (bicyclic) bond motifs is 1. The van der Waals surface area contributed by atoms with Crippen molar-refractivity contribution in [3.63, 3.8) is 0 Å². The van der Waals surface area contributed by atoms with Crippen LogP contribution >= 0.6 is 0 Å². The van der Waals surface area contributed by atoms with Gasteiger partial charge in [-0.3, -0.25) is 10.2 Å². The van der Waals surface area contributed by atoms with Crippen LogP contribution in [0, 0.1) is 0 Å². The molecule has 2 aliphatic heterocycles. The van der Waals surface area contributed by atoms with Crippen molar-refractivity contribution in [3.05, 3.63) is 127 Å². The molecule has 0 spiro atoms. The minimum atomic E-state index is -0.904. The zero-order valence-electron chi connectivity index (χ0n) is 28.8. The number of methoxy groups -OCH3 is 1. The highest BCUT2D eigenvalue weighted by atomic mass is 16.5. The van der Waals surface area contributed by atoms with Crippen LogP contribution < -0.4 is 5.32 Å². The molecule has 0 bridgehead atoms. The molecule has 2 fully saturated rings. The Morgan fingerprint density at radius 2 is 1.37 bits per heavy atom. The largest absolute Gasteiger partial charge is 0.465 e. The number of nitrogens with zero attached hydrogens (tertiary/aromatic N) is 4. The number of aromatic amines is 2. The number of carbonyl (C=O) groups is 2. The predicted molar refractivity (Wildman–Crippen MR) is 200 cm³/mol. The van der Waals surface area contributed by atoms with Crippen molar-refractivity contribution in [3.8, 4) is 33.6 Å². The average molecular weight is 694 g/mol. The summed E-state index contributed by atoms with van der Waals surface area (Å²) in [5.74, 6) is 1.58. The Kier molecular flexibility index (Phi) is 8.90. The number of hydrogen-bond acceptors (Lipinski definition) is 6. The molecular weight excluding hydrogens is 654 g/mol. The Morgan fingerprint density at radius 3 is 2.08 bits per heavy atom. The van der Waals surface area contributed by atoms with Crippen LogP contribution in [0.25, 0.3) is 50.1 Å². The molecule has 0 radical (unpaired) electrons. The molecular formula is C41H39N7O4. The van der Waals surface area contributed by atoms with E-state index in [-0.39, 0.29) is 12.1 Å². The van der Waals surface area contributed by atoms with E-state index in [1.165, 1.54) is 12.0 Å². The van der Waals surface area contributed by atoms with Crippen molar-refractivity contribution in [1.82, 2.24) is 35.1 Å². The quantitative estimate of drug-likeness (QED) is 0.125. The summed E-state index contributed by atoms with van der Waals surface area (Å²) >= 11 is 0. The SMILES string of the molecule is COC(=O)NC(=CN1CCCC1c1ncc(-c2ccc(-c3ccc4cc(-c5cnc(C6CCCN6C(=O)O)[nH]5)ccc4c3)cc2)[nH]1)c1ccccc1. The fourth-order valence-electron chi connectivity index (χ4n) is 7.38. The van der Waals surface area contributed by atoms with E-state index in [4.69, 9.17) is 9.72 Å². The zero-order valence-corrected chi connectivity index (χ0v) is 28.8. The van der Waals surface area contributed by atoms with Gasteiger partial charge in [-0.2, -0.15) is 0 Å². The molecule has 2 amide bonds. The van der Waals surface area contributed by atoms with Gasteiger partial charge in [-0.1, -0.05) is 78.9 Å². The third kappa shape index (κ3) is 6.60. The number of alkyl carbamates (subject to hydrolysis) is 1. The summed E-state index contributed by atoms with van der Waals surface area (Å²) in [5, 5.41) is 14.7. The van der Waals surface area contributed by atoms with Crippen LogP contribution in [0.1, 0.15) is 55.0 Å². The molecule has 4 heterocycles. The van der Waals surface area contributed by atoms with Crippen LogP contribution in [0.2, 0.25) is 0 Å². The molecule has 6 aromatic rings. The lowest BCUT2D eigenvalue weighted by Gasteiger charge is -2.23. The van der Waals surface area contributed by atoms with E-state index in [2.05, 4.69) is 85.8 Å². The molecule has 2 aromatic heterocycles. The summed E-state index contributed by atoms with van der Waals surface area (Å²) in [7, 11) is 1.36. The van der Waals surface area contributed by atoms with Gasteiger partial charge in [0.25, 0.3) is 0 Å². The van der Waals surface area contributed by atoms with Crippen LogP contribution in [0.15, 0.2) is 110 Å². The van der Waals surface area contributed by atoms with E-state index in [0.717, 1.165) is 88.0 Å². The van der Waals surface area contributed by atoms with Crippen LogP contribution in [0.4, 0.5) is 9.59 Å². The average Bonchev–Trinajstić information content (AvgIpc) is 4.02. The second kappa shape index (κ2) is 14.1. The number of H-pyrrole nitrogens is 2. The van der Waals surface area contributed by atoms with Gasteiger partial charge in [-0.05, 0) is 70.8 Å². The number of ether oxygens (including phenoxy) is 1. The molecule has 2 saturated heterocycles. The number of amides is 2. The topological polar surface area (TPSA) is 139 Å². The highest BCUT2D eigenvalue weighted by molar-refractivity contribution is 5.90. The Morgan fingerprint density at radius 1 is 0.769 bits per heavy atom. The van der Waals surface area contributed by atoms with E-state index in [0.29, 0.717) is 18.1 Å². The number of imidazole rings is 2. The molecule has 0 aliphatic carbocycles. The first-order valence-electron chi connectivity index (χ1n) is 17.6. The molecule has 4 N–H and O–H groups in total. The Labute approximate surface area is 301 Å². The van der Waals surface area contributed by atoms with Gasteiger partial charge in [-0.25, -0.2) is 19.6 Å². The van der Waals surface area contributed by atoms with Crippen LogP contribution in [0.3, 0.4) is 0 Å². The molecule has 2 aliphatic rings. The van der Waals surface area contributed by atoms with E-state index in [1.54, 1.807) is 6.20 Å². The number of rotatable bonds is 8. The van der Waals surface area contributed by atoms with Crippen molar-refractivity contribution in [2.45, 2.75) is 37.8 Å². The summed E-state index contributed by atoms with van der Waals surface area (Å²) < 4.78 is 4.88. The lowest BCUT2D eigenvalue weighted by molar-refractivity contribution is 0.139. The molecule has 11 nitrogen and oxygen atoms in total. The van der Waals surface area contributed by atoms with Gasteiger partial charge >= 0.3 is 12.2 Å². The van der Waals surface area contributed by atoms with Crippen LogP contribution in [-0.4, -0.2) is 67.2 Å². The number of carbonyl (C=O) groups excluding carboxylic acids is 1. The van der Waals surface area contributed by atoms with Crippen molar-refractivity contribution in [2.24, 2.45) is 0 Å². The van der Waals surface area contributed by atoms with Gasteiger partial charge in [-0.15, -0.1) is 0 Å². The first kappa shape index (κ1) is 32.8. The molecule has 262 valence electrons. The van der Waals surface area contributed by atoms with Crippen LogP contribution in [-0.2, 0) is 4.74 Å². The highest BCUT2D eigenvalue weighted by Gasteiger charge is 2.32. The number of benzene rings is 4. The number of aromatic nitrogens is 4. The van der Waals surface area contributed by atoms with Gasteiger partial charge in [0.2, 0.25) is 0 Å². The van der Waals surface area contributed by atoms with Gasteiger partial charge < -0.3 is 24.7 Å². The van der Waals surface area contributed by atoms with E-state index in [9.17, 15) is 14.7 Å². The Hall–Kier alpha value is -6.36. The second-order valence-electron chi connectivity index (χ2n) is 13.3. The lowest BCUT2D eigenvalue weighted by Crippen LogP contribution is -2.29. The van der Waals surface area contributed by atoms with Gasteiger partial charge in [0.15, 0.2) is 0 Å². The van der Waals surface area contributed by atoms with Crippen molar-refractivity contribution in [1.29, 1.82) is 0 Å². The maximum Gasteiger partial charge on any atom is 0.411 e. The number of carboxylic acid groups (broad SMARTS) is 1. The number of hydrogen-bond donors (Lipinski definition) is 4. The molecule has 2 atom stereocenters. The maximum absolute atomic E-state index is 12.1. The maximum atomic E-state index is 12.1. The summed E-state index contributed by atoms with van der Waals surface area (Å²) in [5.41, 5.74) is 7.70. The fourth-order valence-corrected chi connectivity index (χ4v) is 7.38. The van der Waals surface area contributed by atoms with Crippen molar-refractivity contribution < 1.29 is 19.4 Å². The van der Waals surface area contributed by atoms with Crippen molar-refractivity contribution in [2.75, 3.05) is 20.2 Å². The van der Waals surface area contributed by atoms with Crippen molar-refractivity contribution >= 4 is 28.7 Å². The zero-order chi connectivity index (χ0) is 35.6. The minimum absolute atomic E-state index is 0.0502. The second-order valence-corrected chi connectivity index (χ2v) is 13.3. The molecule has 4 aromatic carbocycles. The molecule has 0 saturated carbocycles. The van der Waals surface area contributed by atoms with Gasteiger partial charge in [0.1, 0.15) is 11.6 Å². The van der Waals surface area contributed by atoms with Gasteiger partial charge in [0.05, 0.1) is 48.7 Å².